The van der Waals surface area contributed by atoms with Crippen molar-refractivity contribution >= 4 is 34.6 Å². The minimum atomic E-state index is -0.471. The lowest BCUT2D eigenvalue weighted by molar-refractivity contribution is -0.384. The number of ether oxygens (including phenoxy) is 2. The summed E-state index contributed by atoms with van der Waals surface area (Å²) in [6.07, 6.45) is 0. The van der Waals surface area contributed by atoms with E-state index in [9.17, 15) is 10.1 Å². The van der Waals surface area contributed by atoms with Crippen LogP contribution in [0.25, 0.3) is 0 Å². The predicted molar refractivity (Wildman–Crippen MR) is 132 cm³/mol. The second-order valence-electron chi connectivity index (χ2n) is 7.15. The van der Waals surface area contributed by atoms with Crippen LogP contribution in [-0.2, 0) is 13.2 Å². The lowest BCUT2D eigenvalue weighted by Crippen LogP contribution is -2.22. The van der Waals surface area contributed by atoms with Crippen LogP contribution in [0.4, 0.5) is 11.4 Å². The third kappa shape index (κ3) is 7.53. The maximum atomic E-state index is 10.8. The molecule has 3 rings (SSSR count). The highest BCUT2D eigenvalue weighted by molar-refractivity contribution is 6.33. The Balaban J connectivity index is 1.49. The van der Waals surface area contributed by atoms with Crippen LogP contribution in [0.2, 0.25) is 10.0 Å². The Labute approximate surface area is 202 Å². The van der Waals surface area contributed by atoms with E-state index in [4.69, 9.17) is 32.7 Å². The summed E-state index contributed by atoms with van der Waals surface area (Å²) >= 11 is 12.0. The standard InChI is InChI=1S/C24H25Cl2N3O4/c1-2-32-24-13-18(5-10-23(24)33-16-17-3-6-19(25)7-4-17)15-27-11-12-28-22-9-8-20(29(30)31)14-21(22)26/h3-10,13-14,27-28H,2,11-12,15-16H2,1H3. The number of halogens is 2. The number of rotatable bonds is 12. The van der Waals surface area contributed by atoms with Gasteiger partial charge in [0.1, 0.15) is 6.61 Å². The van der Waals surface area contributed by atoms with Gasteiger partial charge >= 0.3 is 0 Å². The first kappa shape index (κ1) is 24.6. The zero-order chi connectivity index (χ0) is 23.6. The number of non-ortho nitro benzene ring substituents is 1. The molecule has 2 N–H and O–H groups in total. The molecule has 0 radical (unpaired) electrons. The second kappa shape index (κ2) is 12.3. The molecule has 0 amide bonds. The number of nitro benzene ring substituents is 1. The summed E-state index contributed by atoms with van der Waals surface area (Å²) in [5, 5.41) is 18.3. The van der Waals surface area contributed by atoms with Crippen LogP contribution in [0, 0.1) is 10.1 Å². The predicted octanol–water partition coefficient (Wildman–Crippen LogP) is 6.08. The topological polar surface area (TPSA) is 85.7 Å². The Morgan fingerprint density at radius 3 is 2.36 bits per heavy atom. The molecule has 0 aromatic heterocycles. The van der Waals surface area contributed by atoms with Crippen molar-refractivity contribution in [3.05, 3.63) is 92.0 Å². The summed E-state index contributed by atoms with van der Waals surface area (Å²) in [5.41, 5.74) is 2.71. The van der Waals surface area contributed by atoms with E-state index < -0.39 is 4.92 Å². The summed E-state index contributed by atoms with van der Waals surface area (Å²) in [6, 6.07) is 17.8. The van der Waals surface area contributed by atoms with E-state index in [-0.39, 0.29) is 5.69 Å². The summed E-state index contributed by atoms with van der Waals surface area (Å²) in [5.74, 6) is 1.38. The molecule has 0 aliphatic heterocycles. The van der Waals surface area contributed by atoms with Gasteiger partial charge in [0.25, 0.3) is 5.69 Å². The highest BCUT2D eigenvalue weighted by Crippen LogP contribution is 2.30. The fourth-order valence-electron chi connectivity index (χ4n) is 3.07. The Morgan fingerprint density at radius 2 is 1.67 bits per heavy atom. The smallest absolute Gasteiger partial charge is 0.271 e. The van der Waals surface area contributed by atoms with E-state index in [1.807, 2.05) is 49.4 Å². The summed E-state index contributed by atoms with van der Waals surface area (Å²) in [6.45, 7) is 4.82. The number of benzene rings is 3. The maximum absolute atomic E-state index is 10.8. The Morgan fingerprint density at radius 1 is 0.909 bits per heavy atom. The van der Waals surface area contributed by atoms with Crippen molar-refractivity contribution in [1.82, 2.24) is 5.32 Å². The third-order valence-corrected chi connectivity index (χ3v) is 5.29. The van der Waals surface area contributed by atoms with Crippen molar-refractivity contribution in [3.63, 3.8) is 0 Å². The van der Waals surface area contributed by atoms with E-state index in [2.05, 4.69) is 10.6 Å². The van der Waals surface area contributed by atoms with Crippen LogP contribution in [0.1, 0.15) is 18.1 Å². The molecule has 7 nitrogen and oxygen atoms in total. The van der Waals surface area contributed by atoms with Crippen LogP contribution in [-0.4, -0.2) is 24.6 Å². The normalized spacial score (nSPS) is 10.6. The van der Waals surface area contributed by atoms with Gasteiger partial charge < -0.3 is 20.1 Å². The lowest BCUT2D eigenvalue weighted by Gasteiger charge is -2.14. The molecule has 174 valence electrons. The Bertz CT molecular complexity index is 1080. The van der Waals surface area contributed by atoms with E-state index in [0.717, 1.165) is 11.1 Å². The van der Waals surface area contributed by atoms with Gasteiger partial charge in [-0.2, -0.15) is 0 Å². The van der Waals surface area contributed by atoms with Gasteiger partial charge in [-0.15, -0.1) is 0 Å². The van der Waals surface area contributed by atoms with Crippen molar-refractivity contribution in [2.24, 2.45) is 0 Å². The number of hydrogen-bond donors (Lipinski definition) is 2. The van der Waals surface area contributed by atoms with Crippen LogP contribution < -0.4 is 20.1 Å². The van der Waals surface area contributed by atoms with Gasteiger partial charge in [0, 0.05) is 36.8 Å². The number of hydrogen-bond acceptors (Lipinski definition) is 6. The van der Waals surface area contributed by atoms with Crippen molar-refractivity contribution in [1.29, 1.82) is 0 Å². The van der Waals surface area contributed by atoms with Gasteiger partial charge in [-0.05, 0) is 48.4 Å². The van der Waals surface area contributed by atoms with Crippen LogP contribution in [0.15, 0.2) is 60.7 Å². The van der Waals surface area contributed by atoms with Crippen molar-refractivity contribution in [2.75, 3.05) is 25.0 Å². The molecule has 0 aliphatic carbocycles. The van der Waals surface area contributed by atoms with Crippen LogP contribution in [0.3, 0.4) is 0 Å². The molecule has 0 heterocycles. The van der Waals surface area contributed by atoms with Gasteiger partial charge in [0.2, 0.25) is 0 Å². The third-order valence-electron chi connectivity index (χ3n) is 4.73. The van der Waals surface area contributed by atoms with Gasteiger partial charge in [0.15, 0.2) is 11.5 Å². The number of nitro groups is 1. The molecule has 9 heteroatoms. The molecule has 3 aromatic rings. The van der Waals surface area contributed by atoms with Crippen molar-refractivity contribution in [2.45, 2.75) is 20.1 Å². The first-order valence-corrected chi connectivity index (χ1v) is 11.2. The summed E-state index contributed by atoms with van der Waals surface area (Å²) in [7, 11) is 0. The molecule has 3 aromatic carbocycles. The van der Waals surface area contributed by atoms with E-state index >= 15 is 0 Å². The fraction of sp³-hybridized carbons (Fsp3) is 0.250. The van der Waals surface area contributed by atoms with E-state index in [0.29, 0.717) is 60.1 Å². The zero-order valence-electron chi connectivity index (χ0n) is 18.1. The van der Waals surface area contributed by atoms with Gasteiger partial charge in [-0.25, -0.2) is 0 Å². The minimum absolute atomic E-state index is 0.0330. The molecule has 0 bridgehead atoms. The summed E-state index contributed by atoms with van der Waals surface area (Å²) in [4.78, 5) is 10.3. The maximum Gasteiger partial charge on any atom is 0.271 e. The number of anilines is 1. The first-order chi connectivity index (χ1) is 16.0. The zero-order valence-corrected chi connectivity index (χ0v) is 19.7. The SMILES string of the molecule is CCOc1cc(CNCCNc2ccc([N+](=O)[O-])cc2Cl)ccc1OCc1ccc(Cl)cc1. The minimum Gasteiger partial charge on any atom is -0.490 e. The van der Waals surface area contributed by atoms with E-state index in [1.165, 1.54) is 12.1 Å². The quantitative estimate of drug-likeness (QED) is 0.182. The molecule has 0 aliphatic rings. The van der Waals surface area contributed by atoms with Gasteiger partial charge in [-0.1, -0.05) is 41.4 Å². The summed E-state index contributed by atoms with van der Waals surface area (Å²) < 4.78 is 11.7. The molecule has 0 atom stereocenters. The van der Waals surface area contributed by atoms with Gasteiger partial charge in [0.05, 0.1) is 22.2 Å². The highest BCUT2D eigenvalue weighted by atomic mass is 35.5. The average Bonchev–Trinajstić information content (AvgIpc) is 2.80. The van der Waals surface area contributed by atoms with Crippen LogP contribution >= 0.6 is 23.2 Å². The molecular weight excluding hydrogens is 465 g/mol. The molecule has 0 saturated carbocycles. The molecule has 0 fully saturated rings. The molecule has 0 unspecified atom stereocenters. The van der Waals surface area contributed by atoms with Crippen molar-refractivity contribution in [3.8, 4) is 11.5 Å². The number of nitrogens with one attached hydrogen (secondary N) is 2. The first-order valence-electron chi connectivity index (χ1n) is 10.5. The fourth-order valence-corrected chi connectivity index (χ4v) is 3.44. The Kier molecular flexibility index (Phi) is 9.18. The largest absolute Gasteiger partial charge is 0.490 e. The second-order valence-corrected chi connectivity index (χ2v) is 8.00. The Hall–Kier alpha value is -3.00. The van der Waals surface area contributed by atoms with Crippen LogP contribution in [0.5, 0.6) is 11.5 Å². The van der Waals surface area contributed by atoms with Gasteiger partial charge in [-0.3, -0.25) is 10.1 Å². The van der Waals surface area contributed by atoms with E-state index in [1.54, 1.807) is 6.07 Å². The monoisotopic (exact) mass is 489 g/mol. The average molecular weight is 490 g/mol. The molecule has 0 spiro atoms. The lowest BCUT2D eigenvalue weighted by atomic mass is 10.2. The number of nitrogens with zero attached hydrogens (tertiary/aromatic N) is 1. The molecule has 33 heavy (non-hydrogen) atoms. The molecule has 0 saturated heterocycles. The van der Waals surface area contributed by atoms with Crippen molar-refractivity contribution < 1.29 is 14.4 Å². The molecular formula is C24H25Cl2N3O4. The highest BCUT2D eigenvalue weighted by Gasteiger charge is 2.09.